The predicted molar refractivity (Wildman–Crippen MR) is 43.0 cm³/mol. The summed E-state index contributed by atoms with van der Waals surface area (Å²) >= 11 is 0. The van der Waals surface area contributed by atoms with E-state index in [1.165, 1.54) is 0 Å². The van der Waals surface area contributed by atoms with Gasteiger partial charge in [-0.1, -0.05) is 6.08 Å². The normalized spacial score (nSPS) is 37.9. The Balaban J connectivity index is 2.66. The van der Waals surface area contributed by atoms with Crippen molar-refractivity contribution in [3.8, 4) is 0 Å². The van der Waals surface area contributed by atoms with E-state index in [0.29, 0.717) is 0 Å². The Hall–Kier alpha value is -0.300. The summed E-state index contributed by atoms with van der Waals surface area (Å²) in [6.07, 6.45) is 4.14. The van der Waals surface area contributed by atoms with Crippen LogP contribution in [0.2, 0.25) is 0 Å². The molecule has 1 rings (SSSR count). The quantitative estimate of drug-likeness (QED) is 0.508. The van der Waals surface area contributed by atoms with Crippen LogP contribution in [0.5, 0.6) is 0 Å². The largest absolute Gasteiger partial charge is 0.365 e. The molecule has 0 radical (unpaired) electrons. The molecule has 1 heterocycles. The van der Waals surface area contributed by atoms with Crippen molar-refractivity contribution < 1.29 is 4.74 Å². The van der Waals surface area contributed by atoms with Crippen molar-refractivity contribution >= 4 is 0 Å². The second-order valence-corrected chi connectivity index (χ2v) is 3.88. The Morgan fingerprint density at radius 1 is 1.30 bits per heavy atom. The summed E-state index contributed by atoms with van der Waals surface area (Å²) in [6.45, 7) is 10.1. The number of hydrogen-bond acceptors (Lipinski definition) is 1. The van der Waals surface area contributed by atoms with Crippen LogP contribution in [0.25, 0.3) is 0 Å². The van der Waals surface area contributed by atoms with Crippen LogP contribution in [0, 0.1) is 0 Å². The van der Waals surface area contributed by atoms with E-state index in [2.05, 4.69) is 27.4 Å². The molecule has 1 fully saturated rings. The van der Waals surface area contributed by atoms with Crippen LogP contribution in [0.1, 0.15) is 33.6 Å². The topological polar surface area (TPSA) is 9.23 Å². The van der Waals surface area contributed by atoms with E-state index in [-0.39, 0.29) is 11.2 Å². The number of rotatable bonds is 1. The molecule has 1 nitrogen and oxygen atoms in total. The van der Waals surface area contributed by atoms with E-state index in [1.807, 2.05) is 6.08 Å². The third-order valence-corrected chi connectivity index (χ3v) is 2.16. The maximum absolute atomic E-state index is 5.77. The van der Waals surface area contributed by atoms with Gasteiger partial charge in [0.15, 0.2) is 0 Å². The van der Waals surface area contributed by atoms with Gasteiger partial charge >= 0.3 is 0 Å². The Labute approximate surface area is 63.1 Å². The highest BCUT2D eigenvalue weighted by molar-refractivity contribution is 5.01. The third kappa shape index (κ3) is 1.40. The predicted octanol–water partition coefficient (Wildman–Crippen LogP) is 2.52. The Morgan fingerprint density at radius 2 is 1.90 bits per heavy atom. The second kappa shape index (κ2) is 2.09. The lowest BCUT2D eigenvalue weighted by Gasteiger charge is -2.24. The van der Waals surface area contributed by atoms with Crippen molar-refractivity contribution in [1.29, 1.82) is 0 Å². The minimum absolute atomic E-state index is 0.0585. The molecule has 1 saturated heterocycles. The molecule has 58 valence electrons. The third-order valence-electron chi connectivity index (χ3n) is 2.16. The van der Waals surface area contributed by atoms with E-state index < -0.39 is 0 Å². The molecule has 0 saturated carbocycles. The monoisotopic (exact) mass is 140 g/mol. The van der Waals surface area contributed by atoms with Crippen LogP contribution in [0.15, 0.2) is 12.7 Å². The highest BCUT2D eigenvalue weighted by atomic mass is 16.5. The zero-order valence-corrected chi connectivity index (χ0v) is 7.11. The van der Waals surface area contributed by atoms with Gasteiger partial charge in [0.25, 0.3) is 0 Å². The summed E-state index contributed by atoms with van der Waals surface area (Å²) in [5, 5.41) is 0. The molecule has 1 aliphatic heterocycles. The van der Waals surface area contributed by atoms with Crippen LogP contribution in [-0.2, 0) is 4.74 Å². The van der Waals surface area contributed by atoms with Crippen LogP contribution < -0.4 is 0 Å². The summed E-state index contributed by atoms with van der Waals surface area (Å²) in [4.78, 5) is 0. The Morgan fingerprint density at radius 3 is 2.10 bits per heavy atom. The zero-order chi connectivity index (χ0) is 7.83. The summed E-state index contributed by atoms with van der Waals surface area (Å²) in [7, 11) is 0. The molecular formula is C9H16O. The Bertz CT molecular complexity index is 149. The molecule has 0 amide bonds. The van der Waals surface area contributed by atoms with Gasteiger partial charge in [-0.05, 0) is 33.6 Å². The van der Waals surface area contributed by atoms with E-state index in [1.54, 1.807) is 0 Å². The highest BCUT2D eigenvalue weighted by Gasteiger charge is 2.38. The zero-order valence-electron chi connectivity index (χ0n) is 7.11. The summed E-state index contributed by atoms with van der Waals surface area (Å²) in [5.41, 5.74) is -0.00750. The molecule has 1 atom stereocenters. The average molecular weight is 140 g/mol. The fourth-order valence-corrected chi connectivity index (χ4v) is 1.43. The lowest BCUT2D eigenvalue weighted by Crippen LogP contribution is -2.26. The van der Waals surface area contributed by atoms with Gasteiger partial charge in [-0.3, -0.25) is 0 Å². The molecule has 10 heavy (non-hydrogen) atoms. The maximum Gasteiger partial charge on any atom is 0.0840 e. The van der Waals surface area contributed by atoms with Gasteiger partial charge in [-0.25, -0.2) is 0 Å². The van der Waals surface area contributed by atoms with Crippen molar-refractivity contribution in [2.24, 2.45) is 0 Å². The first-order valence-corrected chi connectivity index (χ1v) is 3.81. The minimum Gasteiger partial charge on any atom is -0.365 e. The van der Waals surface area contributed by atoms with Gasteiger partial charge in [-0.2, -0.15) is 0 Å². The molecule has 0 spiro atoms. The van der Waals surface area contributed by atoms with E-state index >= 15 is 0 Å². The van der Waals surface area contributed by atoms with E-state index in [0.717, 1.165) is 12.8 Å². The molecule has 0 aliphatic carbocycles. The van der Waals surface area contributed by atoms with Gasteiger partial charge in [0, 0.05) is 0 Å². The summed E-state index contributed by atoms with van der Waals surface area (Å²) < 4.78 is 5.77. The fourth-order valence-electron chi connectivity index (χ4n) is 1.43. The fraction of sp³-hybridized carbons (Fsp3) is 0.778. The van der Waals surface area contributed by atoms with Gasteiger partial charge in [0.2, 0.25) is 0 Å². The molecule has 0 bridgehead atoms. The van der Waals surface area contributed by atoms with Crippen LogP contribution in [-0.4, -0.2) is 11.2 Å². The average Bonchev–Trinajstić information content (AvgIpc) is 2.08. The first-order valence-electron chi connectivity index (χ1n) is 3.81. The SMILES string of the molecule is C=CC1(C)CCC(C)(C)O1. The maximum atomic E-state index is 5.77. The van der Waals surface area contributed by atoms with Crippen LogP contribution >= 0.6 is 0 Å². The van der Waals surface area contributed by atoms with Gasteiger partial charge in [0.05, 0.1) is 11.2 Å². The molecule has 0 aromatic heterocycles. The lowest BCUT2D eigenvalue weighted by atomic mass is 10.00. The summed E-state index contributed by atoms with van der Waals surface area (Å²) in [6, 6.07) is 0. The van der Waals surface area contributed by atoms with Crippen molar-refractivity contribution in [3.63, 3.8) is 0 Å². The smallest absolute Gasteiger partial charge is 0.0840 e. The molecule has 0 aromatic rings. The molecule has 1 heteroatoms. The first kappa shape index (κ1) is 7.80. The van der Waals surface area contributed by atoms with Crippen molar-refractivity contribution in [1.82, 2.24) is 0 Å². The van der Waals surface area contributed by atoms with E-state index in [9.17, 15) is 0 Å². The van der Waals surface area contributed by atoms with Crippen molar-refractivity contribution in [2.75, 3.05) is 0 Å². The first-order chi connectivity index (χ1) is 4.47. The lowest BCUT2D eigenvalue weighted by molar-refractivity contribution is -0.0479. The van der Waals surface area contributed by atoms with Gasteiger partial charge in [-0.15, -0.1) is 6.58 Å². The molecule has 0 aromatic carbocycles. The summed E-state index contributed by atoms with van der Waals surface area (Å²) in [5.74, 6) is 0. The molecular weight excluding hydrogens is 124 g/mol. The van der Waals surface area contributed by atoms with E-state index in [4.69, 9.17) is 4.74 Å². The highest BCUT2D eigenvalue weighted by Crippen LogP contribution is 2.37. The molecule has 1 aliphatic rings. The van der Waals surface area contributed by atoms with Gasteiger partial charge in [0.1, 0.15) is 0 Å². The molecule has 1 unspecified atom stereocenters. The standard InChI is InChI=1S/C9H16O/c1-5-9(4)7-6-8(2,3)10-9/h5H,1,6-7H2,2-4H3. The van der Waals surface area contributed by atoms with Crippen LogP contribution in [0.4, 0.5) is 0 Å². The van der Waals surface area contributed by atoms with Crippen LogP contribution in [0.3, 0.4) is 0 Å². The van der Waals surface area contributed by atoms with Crippen molar-refractivity contribution in [3.05, 3.63) is 12.7 Å². The minimum atomic E-state index is -0.0660. The number of hydrogen-bond donors (Lipinski definition) is 0. The number of ether oxygens (including phenoxy) is 1. The second-order valence-electron chi connectivity index (χ2n) is 3.88. The Kier molecular flexibility index (Phi) is 1.63. The van der Waals surface area contributed by atoms with Crippen molar-refractivity contribution in [2.45, 2.75) is 44.8 Å². The van der Waals surface area contributed by atoms with Gasteiger partial charge < -0.3 is 4.74 Å². The molecule has 0 N–H and O–H groups in total.